The maximum atomic E-state index is 12.6. The van der Waals surface area contributed by atoms with Gasteiger partial charge in [-0.1, -0.05) is 23.7 Å². The van der Waals surface area contributed by atoms with Crippen LogP contribution in [0, 0.1) is 5.92 Å². The van der Waals surface area contributed by atoms with Crippen molar-refractivity contribution in [3.63, 3.8) is 0 Å². The molecule has 1 aliphatic heterocycles. The van der Waals surface area contributed by atoms with E-state index in [-0.39, 0.29) is 23.3 Å². The molecule has 4 nitrogen and oxygen atoms in total. The van der Waals surface area contributed by atoms with E-state index in [1.807, 2.05) is 29.2 Å². The predicted molar refractivity (Wildman–Crippen MR) is 88.1 cm³/mol. The Labute approximate surface area is 141 Å². The second-order valence-electron chi connectivity index (χ2n) is 7.25. The van der Waals surface area contributed by atoms with E-state index < -0.39 is 0 Å². The van der Waals surface area contributed by atoms with Crippen LogP contribution >= 0.6 is 11.6 Å². The molecule has 1 heterocycles. The Hall–Kier alpha value is -1.55. The van der Waals surface area contributed by atoms with Crippen molar-refractivity contribution in [1.82, 2.24) is 10.2 Å². The molecule has 3 fully saturated rings. The number of hydrogen-bond donors (Lipinski definition) is 1. The van der Waals surface area contributed by atoms with Crippen LogP contribution in [0.5, 0.6) is 0 Å². The summed E-state index contributed by atoms with van der Waals surface area (Å²) >= 11 is 5.92. The maximum absolute atomic E-state index is 12.6. The van der Waals surface area contributed by atoms with E-state index in [0.29, 0.717) is 19.0 Å². The summed E-state index contributed by atoms with van der Waals surface area (Å²) in [5, 5.41) is 3.95. The van der Waals surface area contributed by atoms with E-state index in [0.717, 1.165) is 37.1 Å². The first-order valence-corrected chi connectivity index (χ1v) is 8.78. The lowest BCUT2D eigenvalue weighted by Gasteiger charge is -2.20. The average molecular weight is 333 g/mol. The summed E-state index contributed by atoms with van der Waals surface area (Å²) in [6.45, 7) is 0.604. The number of benzene rings is 1. The van der Waals surface area contributed by atoms with Crippen molar-refractivity contribution in [3.8, 4) is 0 Å². The molecule has 0 spiro atoms. The molecule has 2 saturated carbocycles. The van der Waals surface area contributed by atoms with Crippen molar-refractivity contribution >= 4 is 23.4 Å². The molecule has 1 aromatic rings. The number of nitrogens with one attached hydrogen (secondary N) is 1. The molecule has 0 aromatic heterocycles. The number of nitrogens with zero attached hydrogens (tertiary/aromatic N) is 1. The van der Waals surface area contributed by atoms with Gasteiger partial charge in [-0.05, 0) is 49.8 Å². The number of rotatable bonds is 5. The van der Waals surface area contributed by atoms with Crippen LogP contribution in [0.1, 0.15) is 37.7 Å². The van der Waals surface area contributed by atoms with Gasteiger partial charge < -0.3 is 10.2 Å². The van der Waals surface area contributed by atoms with Gasteiger partial charge in [-0.3, -0.25) is 9.59 Å². The summed E-state index contributed by atoms with van der Waals surface area (Å²) < 4.78 is 0. The molecule has 1 aromatic carbocycles. The second-order valence-corrected chi connectivity index (χ2v) is 7.69. The van der Waals surface area contributed by atoms with E-state index in [4.69, 9.17) is 11.6 Å². The Morgan fingerprint density at radius 1 is 1.26 bits per heavy atom. The second kappa shape index (κ2) is 5.52. The van der Waals surface area contributed by atoms with Gasteiger partial charge in [-0.15, -0.1) is 0 Å². The fourth-order valence-corrected chi connectivity index (χ4v) is 3.63. The third-order valence-electron chi connectivity index (χ3n) is 5.21. The number of carbonyl (C=O) groups is 2. The monoisotopic (exact) mass is 332 g/mol. The highest BCUT2D eigenvalue weighted by molar-refractivity contribution is 6.30. The SMILES string of the molecule is O=C(NC1(Cc2ccc(Cl)cc2)CC1)[C@@H]1CC(=O)N(C2CC2)C1. The molecule has 122 valence electrons. The normalized spacial score (nSPS) is 25.5. The molecule has 23 heavy (non-hydrogen) atoms. The molecule has 0 bridgehead atoms. The third kappa shape index (κ3) is 3.23. The van der Waals surface area contributed by atoms with E-state index >= 15 is 0 Å². The molecule has 3 aliphatic rings. The molecule has 2 amide bonds. The minimum Gasteiger partial charge on any atom is -0.350 e. The van der Waals surface area contributed by atoms with Crippen LogP contribution in [-0.2, 0) is 16.0 Å². The van der Waals surface area contributed by atoms with Crippen molar-refractivity contribution in [2.75, 3.05) is 6.54 Å². The Morgan fingerprint density at radius 2 is 1.96 bits per heavy atom. The van der Waals surface area contributed by atoms with Crippen LogP contribution in [0.2, 0.25) is 5.02 Å². The first-order valence-electron chi connectivity index (χ1n) is 8.41. The van der Waals surface area contributed by atoms with Crippen LogP contribution in [0.25, 0.3) is 0 Å². The molecule has 1 atom stereocenters. The number of likely N-dealkylation sites (tertiary alicyclic amines) is 1. The molecule has 5 heteroatoms. The summed E-state index contributed by atoms with van der Waals surface area (Å²) in [6.07, 6.45) is 5.42. The third-order valence-corrected chi connectivity index (χ3v) is 5.47. The highest BCUT2D eigenvalue weighted by Gasteiger charge is 2.47. The van der Waals surface area contributed by atoms with Crippen LogP contribution in [0.4, 0.5) is 0 Å². The van der Waals surface area contributed by atoms with Gasteiger partial charge in [0.25, 0.3) is 0 Å². The van der Waals surface area contributed by atoms with Crippen molar-refractivity contribution in [3.05, 3.63) is 34.9 Å². The molecular weight excluding hydrogens is 312 g/mol. The summed E-state index contributed by atoms with van der Waals surface area (Å²) in [4.78, 5) is 26.5. The van der Waals surface area contributed by atoms with Crippen molar-refractivity contribution < 1.29 is 9.59 Å². The van der Waals surface area contributed by atoms with E-state index in [9.17, 15) is 9.59 Å². The summed E-state index contributed by atoms with van der Waals surface area (Å²) in [7, 11) is 0. The quantitative estimate of drug-likeness (QED) is 0.900. The number of hydrogen-bond acceptors (Lipinski definition) is 2. The Kier molecular flexibility index (Phi) is 3.60. The highest BCUT2D eigenvalue weighted by atomic mass is 35.5. The summed E-state index contributed by atoms with van der Waals surface area (Å²) in [5.41, 5.74) is 1.08. The van der Waals surface area contributed by atoms with Crippen molar-refractivity contribution in [2.45, 2.75) is 50.1 Å². The number of halogens is 1. The molecule has 2 aliphatic carbocycles. The number of amides is 2. The fourth-order valence-electron chi connectivity index (χ4n) is 3.50. The first kappa shape index (κ1) is 15.0. The van der Waals surface area contributed by atoms with Gasteiger partial charge in [0.2, 0.25) is 11.8 Å². The maximum Gasteiger partial charge on any atom is 0.225 e. The Morgan fingerprint density at radius 3 is 2.57 bits per heavy atom. The minimum absolute atomic E-state index is 0.0490. The van der Waals surface area contributed by atoms with Gasteiger partial charge in [0.15, 0.2) is 0 Å². The molecule has 1 N–H and O–H groups in total. The average Bonchev–Trinajstić information content (AvgIpc) is 3.44. The van der Waals surface area contributed by atoms with Crippen LogP contribution in [-0.4, -0.2) is 34.8 Å². The molecule has 1 saturated heterocycles. The van der Waals surface area contributed by atoms with Crippen LogP contribution in [0.3, 0.4) is 0 Å². The Balaban J connectivity index is 1.36. The topological polar surface area (TPSA) is 49.4 Å². The lowest BCUT2D eigenvalue weighted by atomic mass is 10.0. The van der Waals surface area contributed by atoms with Gasteiger partial charge >= 0.3 is 0 Å². The van der Waals surface area contributed by atoms with E-state index in [2.05, 4.69) is 5.32 Å². The van der Waals surface area contributed by atoms with Crippen LogP contribution < -0.4 is 5.32 Å². The zero-order valence-corrected chi connectivity index (χ0v) is 13.8. The minimum atomic E-state index is -0.175. The van der Waals surface area contributed by atoms with Gasteiger partial charge in [-0.2, -0.15) is 0 Å². The molecular formula is C18H21ClN2O2. The predicted octanol–water partition coefficient (Wildman–Crippen LogP) is 2.54. The van der Waals surface area contributed by atoms with Gasteiger partial charge in [0.1, 0.15) is 0 Å². The summed E-state index contributed by atoms with van der Waals surface area (Å²) in [6, 6.07) is 8.21. The van der Waals surface area contributed by atoms with E-state index in [1.54, 1.807) is 0 Å². The largest absolute Gasteiger partial charge is 0.350 e. The standard InChI is InChI=1S/C18H21ClN2O2/c19-14-3-1-12(2-4-14)10-18(7-8-18)20-17(23)13-9-16(22)21(11-13)15-5-6-15/h1-4,13,15H,5-11H2,(H,20,23)/t13-/m1/s1. The first-order chi connectivity index (χ1) is 11.0. The highest BCUT2D eigenvalue weighted by Crippen LogP contribution is 2.40. The van der Waals surface area contributed by atoms with Gasteiger partial charge in [-0.25, -0.2) is 0 Å². The molecule has 0 unspecified atom stereocenters. The van der Waals surface area contributed by atoms with Gasteiger partial charge in [0, 0.05) is 29.6 Å². The smallest absolute Gasteiger partial charge is 0.225 e. The van der Waals surface area contributed by atoms with E-state index in [1.165, 1.54) is 5.56 Å². The zero-order valence-electron chi connectivity index (χ0n) is 13.1. The lowest BCUT2D eigenvalue weighted by molar-refractivity contribution is -0.129. The zero-order chi connectivity index (χ0) is 16.0. The Bertz CT molecular complexity index is 635. The summed E-state index contributed by atoms with van der Waals surface area (Å²) in [5.74, 6) is 0.0222. The lowest BCUT2D eigenvalue weighted by Crippen LogP contribution is -2.42. The number of carbonyl (C=O) groups excluding carboxylic acids is 2. The molecule has 0 radical (unpaired) electrons. The fraction of sp³-hybridized carbons (Fsp3) is 0.556. The van der Waals surface area contributed by atoms with Gasteiger partial charge in [0.05, 0.1) is 5.92 Å². The molecule has 4 rings (SSSR count). The van der Waals surface area contributed by atoms with Crippen LogP contribution in [0.15, 0.2) is 24.3 Å². The van der Waals surface area contributed by atoms with Crippen molar-refractivity contribution in [1.29, 1.82) is 0 Å². The van der Waals surface area contributed by atoms with Crippen molar-refractivity contribution in [2.24, 2.45) is 5.92 Å².